The normalized spacial score (nSPS) is 17.0. The van der Waals surface area contributed by atoms with Crippen molar-refractivity contribution in [1.82, 2.24) is 10.6 Å². The number of esters is 1. The molecule has 0 aromatic carbocycles. The number of nitrogens with one attached hydrogen (secondary N) is 2. The van der Waals surface area contributed by atoms with Crippen molar-refractivity contribution in [2.75, 3.05) is 13.2 Å². The fourth-order valence-corrected chi connectivity index (χ4v) is 4.87. The molecule has 23 heavy (non-hydrogen) atoms. The molecule has 1 unspecified atom stereocenters. The summed E-state index contributed by atoms with van der Waals surface area (Å²) < 4.78 is 7.25. The summed E-state index contributed by atoms with van der Waals surface area (Å²) in [7, 11) is 0. The van der Waals surface area contributed by atoms with E-state index < -0.39 is 0 Å². The predicted molar refractivity (Wildman–Crippen MR) is 95.8 cm³/mol. The van der Waals surface area contributed by atoms with E-state index >= 15 is 0 Å². The summed E-state index contributed by atoms with van der Waals surface area (Å²) in [5.41, 5.74) is 0.875. The quantitative estimate of drug-likeness (QED) is 0.789. The van der Waals surface area contributed by atoms with Gasteiger partial charge in [0.2, 0.25) is 5.91 Å². The van der Waals surface area contributed by atoms with Gasteiger partial charge >= 0.3 is 5.97 Å². The van der Waals surface area contributed by atoms with Crippen LogP contribution in [0.4, 0.5) is 0 Å². The van der Waals surface area contributed by atoms with Gasteiger partial charge in [0.25, 0.3) is 0 Å². The number of hydrogen-bond acceptors (Lipinski definition) is 6. The second-order valence-electron chi connectivity index (χ2n) is 5.11. The Bertz CT molecular complexity index is 692. The van der Waals surface area contributed by atoms with Crippen LogP contribution in [-0.2, 0) is 16.1 Å². The minimum absolute atomic E-state index is 0. The molecule has 0 radical (unpaired) electrons. The van der Waals surface area contributed by atoms with Crippen molar-refractivity contribution in [3.8, 4) is 0 Å². The lowest BCUT2D eigenvalue weighted by Gasteiger charge is -2.11. The van der Waals surface area contributed by atoms with Gasteiger partial charge in [-0.1, -0.05) is 0 Å². The summed E-state index contributed by atoms with van der Waals surface area (Å²) in [5.74, 6) is -0.303. The zero-order valence-corrected chi connectivity index (χ0v) is 15.2. The van der Waals surface area contributed by atoms with E-state index in [-0.39, 0.29) is 30.3 Å². The Morgan fingerprint density at radius 3 is 3.00 bits per heavy atom. The van der Waals surface area contributed by atoms with Crippen LogP contribution in [0.25, 0.3) is 9.40 Å². The average Bonchev–Trinajstić information content (AvgIpc) is 3.21. The minimum atomic E-state index is -0.306. The highest BCUT2D eigenvalue weighted by molar-refractivity contribution is 7.28. The number of ether oxygens (including phenoxy) is 1. The highest BCUT2D eigenvalue weighted by atomic mass is 35.5. The molecule has 3 heterocycles. The SMILES string of the molecule is CCOC(=O)c1sc2ccsc2c1CNC(=O)C1CCCN1.Cl. The highest BCUT2D eigenvalue weighted by Crippen LogP contribution is 2.35. The summed E-state index contributed by atoms with van der Waals surface area (Å²) in [4.78, 5) is 24.8. The molecule has 2 N–H and O–H groups in total. The Hall–Kier alpha value is -1.15. The van der Waals surface area contributed by atoms with Crippen molar-refractivity contribution in [1.29, 1.82) is 0 Å². The number of halogens is 1. The first-order valence-corrected chi connectivity index (χ1v) is 9.07. The van der Waals surface area contributed by atoms with Crippen LogP contribution in [0.15, 0.2) is 11.4 Å². The van der Waals surface area contributed by atoms with Crippen molar-refractivity contribution in [3.05, 3.63) is 21.9 Å². The fraction of sp³-hybridized carbons (Fsp3) is 0.467. The van der Waals surface area contributed by atoms with E-state index in [4.69, 9.17) is 4.74 Å². The van der Waals surface area contributed by atoms with Crippen LogP contribution >= 0.6 is 35.1 Å². The molecular formula is C15H19ClN2O3S2. The third-order valence-corrected chi connectivity index (χ3v) is 5.95. The Morgan fingerprint density at radius 2 is 2.30 bits per heavy atom. The number of rotatable bonds is 5. The zero-order valence-electron chi connectivity index (χ0n) is 12.7. The maximum Gasteiger partial charge on any atom is 0.348 e. The van der Waals surface area contributed by atoms with Gasteiger partial charge in [-0.15, -0.1) is 35.1 Å². The number of thiophene rings is 2. The second-order valence-corrected chi connectivity index (χ2v) is 7.08. The molecule has 0 bridgehead atoms. The first-order valence-electron chi connectivity index (χ1n) is 7.37. The molecule has 1 aliphatic rings. The van der Waals surface area contributed by atoms with Crippen molar-refractivity contribution < 1.29 is 14.3 Å². The van der Waals surface area contributed by atoms with Crippen LogP contribution in [0.2, 0.25) is 0 Å². The molecule has 126 valence electrons. The largest absolute Gasteiger partial charge is 0.462 e. The number of fused-ring (bicyclic) bond motifs is 1. The molecule has 1 fully saturated rings. The monoisotopic (exact) mass is 374 g/mol. The Morgan fingerprint density at radius 1 is 1.48 bits per heavy atom. The van der Waals surface area contributed by atoms with E-state index in [1.807, 2.05) is 11.4 Å². The van der Waals surface area contributed by atoms with Gasteiger partial charge in [-0.05, 0) is 37.8 Å². The molecular weight excluding hydrogens is 356 g/mol. The van der Waals surface area contributed by atoms with Gasteiger partial charge in [-0.25, -0.2) is 4.79 Å². The molecule has 0 saturated carbocycles. The summed E-state index contributed by atoms with van der Waals surface area (Å²) in [6, 6.07) is 1.89. The van der Waals surface area contributed by atoms with E-state index in [1.54, 1.807) is 18.3 Å². The summed E-state index contributed by atoms with van der Waals surface area (Å²) in [6.45, 7) is 3.40. The summed E-state index contributed by atoms with van der Waals surface area (Å²) in [5, 5.41) is 8.13. The Labute approximate surface area is 148 Å². The smallest absolute Gasteiger partial charge is 0.348 e. The predicted octanol–water partition coefficient (Wildman–Crippen LogP) is 2.93. The van der Waals surface area contributed by atoms with Crippen LogP contribution in [0, 0.1) is 0 Å². The van der Waals surface area contributed by atoms with Crippen LogP contribution in [0.1, 0.15) is 35.0 Å². The molecule has 2 aromatic heterocycles. The van der Waals surface area contributed by atoms with E-state index in [0.29, 0.717) is 18.0 Å². The van der Waals surface area contributed by atoms with Gasteiger partial charge in [-0.2, -0.15) is 0 Å². The zero-order chi connectivity index (χ0) is 15.5. The third kappa shape index (κ3) is 3.85. The van der Waals surface area contributed by atoms with Gasteiger partial charge in [0, 0.05) is 16.8 Å². The molecule has 8 heteroatoms. The standard InChI is InChI=1S/C15H18N2O3S2.ClH/c1-2-20-15(19)13-9(12-11(22-13)5-7-21-12)8-17-14(18)10-4-3-6-16-10;/h5,7,10,16H,2-4,6,8H2,1H3,(H,17,18);1H. The average molecular weight is 375 g/mol. The van der Waals surface area contributed by atoms with Crippen molar-refractivity contribution in [3.63, 3.8) is 0 Å². The van der Waals surface area contributed by atoms with Gasteiger partial charge in [0.05, 0.1) is 17.3 Å². The molecule has 1 saturated heterocycles. The topological polar surface area (TPSA) is 67.4 Å². The maximum absolute atomic E-state index is 12.1. The van der Waals surface area contributed by atoms with Gasteiger partial charge in [-0.3, -0.25) is 4.79 Å². The maximum atomic E-state index is 12.1. The van der Waals surface area contributed by atoms with E-state index in [2.05, 4.69) is 10.6 Å². The van der Waals surface area contributed by atoms with Gasteiger partial charge < -0.3 is 15.4 Å². The number of amides is 1. The van der Waals surface area contributed by atoms with E-state index in [0.717, 1.165) is 34.3 Å². The Kier molecular flexibility index (Phi) is 6.41. The van der Waals surface area contributed by atoms with Crippen molar-refractivity contribution >= 4 is 56.4 Å². The third-order valence-electron chi connectivity index (χ3n) is 3.67. The van der Waals surface area contributed by atoms with Crippen LogP contribution in [-0.4, -0.2) is 31.1 Å². The lowest BCUT2D eigenvalue weighted by Crippen LogP contribution is -2.40. The first-order chi connectivity index (χ1) is 10.7. The molecule has 0 aliphatic carbocycles. The summed E-state index contributed by atoms with van der Waals surface area (Å²) in [6.07, 6.45) is 1.90. The molecule has 1 aliphatic heterocycles. The highest BCUT2D eigenvalue weighted by Gasteiger charge is 2.24. The molecule has 0 spiro atoms. The number of carbonyl (C=O) groups is 2. The van der Waals surface area contributed by atoms with E-state index in [9.17, 15) is 9.59 Å². The minimum Gasteiger partial charge on any atom is -0.462 e. The van der Waals surface area contributed by atoms with Crippen LogP contribution < -0.4 is 10.6 Å². The molecule has 1 atom stereocenters. The second kappa shape index (κ2) is 8.10. The van der Waals surface area contributed by atoms with Gasteiger partial charge in [0.15, 0.2) is 0 Å². The number of carbonyl (C=O) groups excluding carboxylic acids is 2. The molecule has 3 rings (SSSR count). The lowest BCUT2D eigenvalue weighted by atomic mass is 10.2. The van der Waals surface area contributed by atoms with Crippen molar-refractivity contribution in [2.45, 2.75) is 32.4 Å². The fourth-order valence-electron chi connectivity index (χ4n) is 2.60. The molecule has 1 amide bonds. The molecule has 5 nitrogen and oxygen atoms in total. The van der Waals surface area contributed by atoms with Gasteiger partial charge in [0.1, 0.15) is 4.88 Å². The summed E-state index contributed by atoms with van der Waals surface area (Å²) >= 11 is 3.02. The van der Waals surface area contributed by atoms with Crippen LogP contribution in [0.3, 0.4) is 0 Å². The number of hydrogen-bond donors (Lipinski definition) is 2. The molecule has 2 aromatic rings. The lowest BCUT2D eigenvalue weighted by molar-refractivity contribution is -0.122. The first kappa shape index (κ1) is 18.2. The van der Waals surface area contributed by atoms with Crippen LogP contribution in [0.5, 0.6) is 0 Å². The van der Waals surface area contributed by atoms with E-state index in [1.165, 1.54) is 11.3 Å². The van der Waals surface area contributed by atoms with Crippen molar-refractivity contribution in [2.24, 2.45) is 0 Å². The Balaban J connectivity index is 0.00000192.